The fourth-order valence-corrected chi connectivity index (χ4v) is 1.87. The van der Waals surface area contributed by atoms with Crippen LogP contribution in [0.2, 0.25) is 0 Å². The van der Waals surface area contributed by atoms with Gasteiger partial charge >= 0.3 is 0 Å². The lowest BCUT2D eigenvalue weighted by Gasteiger charge is -2.26. The van der Waals surface area contributed by atoms with Gasteiger partial charge < -0.3 is 15.8 Å². The summed E-state index contributed by atoms with van der Waals surface area (Å²) in [5, 5.41) is 11.3. The van der Waals surface area contributed by atoms with Gasteiger partial charge in [-0.15, -0.1) is 0 Å². The average molecular weight is 199 g/mol. The first kappa shape index (κ1) is 11.3. The highest BCUT2D eigenvalue weighted by Gasteiger charge is 2.08. The molecule has 1 aliphatic rings. The summed E-state index contributed by atoms with van der Waals surface area (Å²) in [6.45, 7) is 3.67. The zero-order valence-corrected chi connectivity index (χ0v) is 8.78. The zero-order chi connectivity index (χ0) is 10.2. The van der Waals surface area contributed by atoms with Crippen molar-refractivity contribution in [3.8, 4) is 0 Å². The molecule has 0 aromatic heterocycles. The van der Waals surface area contributed by atoms with E-state index in [2.05, 4.69) is 10.1 Å². The number of likely N-dealkylation sites (tertiary alicyclic amines) is 1. The van der Waals surface area contributed by atoms with Crippen molar-refractivity contribution in [1.82, 2.24) is 4.90 Å². The third kappa shape index (κ3) is 4.46. The minimum Gasteiger partial charge on any atom is -0.409 e. The number of unbranched alkanes of at least 4 members (excludes halogenated alkanes) is 1. The molecule has 1 rings (SSSR count). The third-order valence-electron chi connectivity index (χ3n) is 2.73. The fourth-order valence-electron chi connectivity index (χ4n) is 1.87. The number of rotatable bonds is 5. The Bertz CT molecular complexity index is 176. The molecule has 0 atom stereocenters. The van der Waals surface area contributed by atoms with Crippen molar-refractivity contribution in [3.63, 3.8) is 0 Å². The lowest BCUT2D eigenvalue weighted by atomic mass is 10.1. The average Bonchev–Trinajstić information content (AvgIpc) is 2.25. The van der Waals surface area contributed by atoms with Gasteiger partial charge in [0.05, 0.1) is 0 Å². The number of hydrogen-bond donors (Lipinski definition) is 2. The van der Waals surface area contributed by atoms with Gasteiger partial charge in [-0.25, -0.2) is 0 Å². The highest BCUT2D eigenvalue weighted by molar-refractivity contribution is 5.79. The molecule has 14 heavy (non-hydrogen) atoms. The SMILES string of the molecule is N/C(CCCCN1CCCCC1)=N/O. The van der Waals surface area contributed by atoms with E-state index < -0.39 is 0 Å². The van der Waals surface area contributed by atoms with Gasteiger partial charge in [-0.3, -0.25) is 0 Å². The van der Waals surface area contributed by atoms with Crippen molar-refractivity contribution < 1.29 is 5.21 Å². The van der Waals surface area contributed by atoms with Crippen molar-refractivity contribution in [2.75, 3.05) is 19.6 Å². The highest BCUT2D eigenvalue weighted by atomic mass is 16.4. The Morgan fingerprint density at radius 3 is 2.57 bits per heavy atom. The standard InChI is InChI=1S/C10H21N3O/c11-10(12-14)6-2-5-9-13-7-3-1-4-8-13/h14H,1-9H2,(H2,11,12). The normalized spacial score (nSPS) is 19.9. The number of piperidine rings is 1. The van der Waals surface area contributed by atoms with Crippen molar-refractivity contribution in [2.45, 2.75) is 38.5 Å². The maximum absolute atomic E-state index is 8.34. The van der Waals surface area contributed by atoms with Crippen LogP contribution in [-0.2, 0) is 0 Å². The van der Waals surface area contributed by atoms with E-state index in [1.165, 1.54) is 38.9 Å². The Hall–Kier alpha value is -0.770. The Kier molecular flexibility index (Phi) is 5.37. The van der Waals surface area contributed by atoms with Gasteiger partial charge in [0.25, 0.3) is 0 Å². The molecule has 0 amide bonds. The minimum atomic E-state index is 0.351. The van der Waals surface area contributed by atoms with E-state index in [1.54, 1.807) is 0 Å². The molecule has 82 valence electrons. The van der Waals surface area contributed by atoms with E-state index in [4.69, 9.17) is 10.9 Å². The summed E-state index contributed by atoms with van der Waals surface area (Å²) < 4.78 is 0. The second-order valence-corrected chi connectivity index (χ2v) is 3.95. The van der Waals surface area contributed by atoms with E-state index in [0.717, 1.165) is 12.8 Å². The Balaban J connectivity index is 1.97. The number of nitrogens with zero attached hydrogens (tertiary/aromatic N) is 2. The van der Waals surface area contributed by atoms with Crippen molar-refractivity contribution in [3.05, 3.63) is 0 Å². The molecule has 4 heteroatoms. The maximum atomic E-state index is 8.34. The molecule has 0 aromatic rings. The van der Waals surface area contributed by atoms with Crippen LogP contribution in [0.5, 0.6) is 0 Å². The molecule has 0 spiro atoms. The number of oxime groups is 1. The van der Waals surface area contributed by atoms with Crippen LogP contribution in [0.15, 0.2) is 5.16 Å². The van der Waals surface area contributed by atoms with Gasteiger partial charge in [0.2, 0.25) is 0 Å². The molecule has 0 unspecified atom stereocenters. The monoisotopic (exact) mass is 199 g/mol. The van der Waals surface area contributed by atoms with Crippen LogP contribution in [0.4, 0.5) is 0 Å². The number of amidine groups is 1. The molecule has 0 saturated carbocycles. The molecular formula is C10H21N3O. The maximum Gasteiger partial charge on any atom is 0.139 e. The molecule has 4 nitrogen and oxygen atoms in total. The van der Waals surface area contributed by atoms with Gasteiger partial charge in [-0.05, 0) is 45.3 Å². The van der Waals surface area contributed by atoms with E-state index in [9.17, 15) is 0 Å². The van der Waals surface area contributed by atoms with E-state index in [-0.39, 0.29) is 0 Å². The van der Waals surface area contributed by atoms with Crippen LogP contribution < -0.4 is 5.73 Å². The smallest absolute Gasteiger partial charge is 0.139 e. The van der Waals surface area contributed by atoms with Crippen LogP contribution >= 0.6 is 0 Å². The fraction of sp³-hybridized carbons (Fsp3) is 0.900. The summed E-state index contributed by atoms with van der Waals surface area (Å²) in [4.78, 5) is 2.51. The summed E-state index contributed by atoms with van der Waals surface area (Å²) >= 11 is 0. The van der Waals surface area contributed by atoms with Gasteiger partial charge in [0.15, 0.2) is 0 Å². The van der Waals surface area contributed by atoms with Crippen molar-refractivity contribution in [1.29, 1.82) is 0 Å². The second kappa shape index (κ2) is 6.65. The topological polar surface area (TPSA) is 61.8 Å². The summed E-state index contributed by atoms with van der Waals surface area (Å²) in [6, 6.07) is 0. The van der Waals surface area contributed by atoms with E-state index >= 15 is 0 Å². The molecule has 0 aliphatic carbocycles. The quantitative estimate of drug-likeness (QED) is 0.231. The second-order valence-electron chi connectivity index (χ2n) is 3.95. The molecule has 0 aromatic carbocycles. The lowest BCUT2D eigenvalue weighted by molar-refractivity contribution is 0.225. The van der Waals surface area contributed by atoms with E-state index in [1.807, 2.05) is 0 Å². The van der Waals surface area contributed by atoms with E-state index in [0.29, 0.717) is 12.3 Å². The minimum absolute atomic E-state index is 0.351. The van der Waals surface area contributed by atoms with Crippen LogP contribution in [0.25, 0.3) is 0 Å². The zero-order valence-electron chi connectivity index (χ0n) is 8.78. The van der Waals surface area contributed by atoms with Gasteiger partial charge in [0, 0.05) is 6.42 Å². The number of nitrogens with two attached hydrogens (primary N) is 1. The summed E-state index contributed by atoms with van der Waals surface area (Å²) in [5.74, 6) is 0.351. The van der Waals surface area contributed by atoms with Crippen LogP contribution in [0, 0.1) is 0 Å². The van der Waals surface area contributed by atoms with Crippen molar-refractivity contribution in [2.24, 2.45) is 10.9 Å². The van der Waals surface area contributed by atoms with Crippen molar-refractivity contribution >= 4 is 5.84 Å². The molecule has 1 fully saturated rings. The molecule has 0 bridgehead atoms. The van der Waals surface area contributed by atoms with Crippen LogP contribution in [0.1, 0.15) is 38.5 Å². The Labute approximate surface area is 85.8 Å². The summed E-state index contributed by atoms with van der Waals surface area (Å²) in [7, 11) is 0. The largest absolute Gasteiger partial charge is 0.409 e. The highest BCUT2D eigenvalue weighted by Crippen LogP contribution is 2.09. The van der Waals surface area contributed by atoms with Gasteiger partial charge in [-0.1, -0.05) is 11.6 Å². The van der Waals surface area contributed by atoms with Gasteiger partial charge in [-0.2, -0.15) is 0 Å². The summed E-state index contributed by atoms with van der Waals surface area (Å²) in [6.07, 6.45) is 6.97. The molecule has 1 heterocycles. The number of hydrogen-bond acceptors (Lipinski definition) is 3. The first-order chi connectivity index (χ1) is 6.83. The Morgan fingerprint density at radius 2 is 1.93 bits per heavy atom. The first-order valence-corrected chi connectivity index (χ1v) is 5.51. The van der Waals surface area contributed by atoms with Gasteiger partial charge in [0.1, 0.15) is 5.84 Å². The predicted octanol–water partition coefficient (Wildman–Crippen LogP) is 1.39. The molecule has 0 radical (unpaired) electrons. The Morgan fingerprint density at radius 1 is 1.21 bits per heavy atom. The third-order valence-corrected chi connectivity index (χ3v) is 2.73. The summed E-state index contributed by atoms with van der Waals surface area (Å²) in [5.41, 5.74) is 5.38. The molecular weight excluding hydrogens is 178 g/mol. The predicted molar refractivity (Wildman–Crippen MR) is 57.6 cm³/mol. The molecule has 1 aliphatic heterocycles. The molecule has 3 N–H and O–H groups in total. The van der Waals surface area contributed by atoms with Crippen LogP contribution in [0.3, 0.4) is 0 Å². The first-order valence-electron chi connectivity index (χ1n) is 5.51. The molecule has 1 saturated heterocycles. The lowest BCUT2D eigenvalue weighted by Crippen LogP contribution is -2.30. The van der Waals surface area contributed by atoms with Crippen LogP contribution in [-0.4, -0.2) is 35.6 Å².